The van der Waals surface area contributed by atoms with E-state index < -0.39 is 0 Å². The van der Waals surface area contributed by atoms with E-state index in [1.165, 1.54) is 5.56 Å². The second kappa shape index (κ2) is 6.14. The molecule has 0 amide bonds. The lowest BCUT2D eigenvalue weighted by molar-refractivity contribution is 0.299. The van der Waals surface area contributed by atoms with Crippen LogP contribution < -0.4 is 4.74 Å². The third-order valence-corrected chi connectivity index (χ3v) is 3.66. The van der Waals surface area contributed by atoms with Crippen molar-refractivity contribution in [1.82, 2.24) is 4.98 Å². The number of aromatic nitrogens is 1. The molecule has 0 bridgehead atoms. The zero-order chi connectivity index (χ0) is 14.7. The van der Waals surface area contributed by atoms with Crippen molar-refractivity contribution >= 4 is 15.9 Å². The Morgan fingerprint density at radius 2 is 1.95 bits per heavy atom. The Balaban J connectivity index is 1.70. The number of oxazole rings is 1. The van der Waals surface area contributed by atoms with E-state index in [0.717, 1.165) is 21.5 Å². The molecule has 0 aliphatic rings. The van der Waals surface area contributed by atoms with Crippen LogP contribution >= 0.6 is 15.9 Å². The summed E-state index contributed by atoms with van der Waals surface area (Å²) in [5.41, 5.74) is 2.91. The summed E-state index contributed by atoms with van der Waals surface area (Å²) in [5, 5.41) is 0. The van der Waals surface area contributed by atoms with Gasteiger partial charge in [0.25, 0.3) is 0 Å². The SMILES string of the molecule is Cc1ccc(OCc2coc(-c3ccccc3)n2)c(Br)c1. The molecule has 0 unspecified atom stereocenters. The van der Waals surface area contributed by atoms with Crippen LogP contribution in [0.3, 0.4) is 0 Å². The summed E-state index contributed by atoms with van der Waals surface area (Å²) in [5.74, 6) is 1.40. The van der Waals surface area contributed by atoms with Crippen LogP contribution in [0.4, 0.5) is 0 Å². The Hall–Kier alpha value is -2.07. The third kappa shape index (κ3) is 3.34. The fraction of sp³-hybridized carbons (Fsp3) is 0.118. The minimum atomic E-state index is 0.373. The van der Waals surface area contributed by atoms with Crippen molar-refractivity contribution in [3.8, 4) is 17.2 Å². The molecule has 0 aliphatic heterocycles. The van der Waals surface area contributed by atoms with E-state index in [9.17, 15) is 0 Å². The van der Waals surface area contributed by atoms with Crippen LogP contribution in [-0.2, 0) is 6.61 Å². The monoisotopic (exact) mass is 343 g/mol. The molecule has 0 fully saturated rings. The van der Waals surface area contributed by atoms with Gasteiger partial charge in [-0.15, -0.1) is 0 Å². The van der Waals surface area contributed by atoms with Gasteiger partial charge in [0.15, 0.2) is 0 Å². The predicted molar refractivity (Wildman–Crippen MR) is 85.2 cm³/mol. The van der Waals surface area contributed by atoms with Crippen LogP contribution in [0.5, 0.6) is 5.75 Å². The zero-order valence-electron chi connectivity index (χ0n) is 11.5. The van der Waals surface area contributed by atoms with Crippen molar-refractivity contribution < 1.29 is 9.15 Å². The van der Waals surface area contributed by atoms with E-state index in [1.54, 1.807) is 6.26 Å². The van der Waals surface area contributed by atoms with Crippen molar-refractivity contribution in [2.75, 3.05) is 0 Å². The van der Waals surface area contributed by atoms with E-state index in [2.05, 4.69) is 20.9 Å². The fourth-order valence-corrected chi connectivity index (χ4v) is 2.57. The molecule has 4 heteroatoms. The number of hydrogen-bond donors (Lipinski definition) is 0. The molecule has 0 saturated heterocycles. The maximum absolute atomic E-state index is 5.76. The molecular formula is C17H14BrNO2. The Bertz CT molecular complexity index is 738. The molecule has 0 spiro atoms. The second-order valence-electron chi connectivity index (χ2n) is 4.73. The summed E-state index contributed by atoms with van der Waals surface area (Å²) in [6.45, 7) is 2.41. The van der Waals surface area contributed by atoms with Crippen LogP contribution in [0.1, 0.15) is 11.3 Å². The maximum atomic E-state index is 5.76. The highest BCUT2D eigenvalue weighted by molar-refractivity contribution is 9.10. The van der Waals surface area contributed by atoms with Gasteiger partial charge in [0.2, 0.25) is 5.89 Å². The lowest BCUT2D eigenvalue weighted by atomic mass is 10.2. The van der Waals surface area contributed by atoms with E-state index >= 15 is 0 Å². The van der Waals surface area contributed by atoms with E-state index in [1.807, 2.05) is 55.5 Å². The van der Waals surface area contributed by atoms with Gasteiger partial charge in [-0.05, 0) is 52.7 Å². The molecule has 0 atom stereocenters. The molecule has 21 heavy (non-hydrogen) atoms. The number of aryl methyl sites for hydroxylation is 1. The predicted octanol–water partition coefficient (Wildman–Crippen LogP) is 4.99. The van der Waals surface area contributed by atoms with Gasteiger partial charge >= 0.3 is 0 Å². The van der Waals surface area contributed by atoms with Gasteiger partial charge in [0.1, 0.15) is 24.3 Å². The highest BCUT2D eigenvalue weighted by atomic mass is 79.9. The topological polar surface area (TPSA) is 35.3 Å². The molecule has 3 aromatic rings. The minimum Gasteiger partial charge on any atom is -0.486 e. The summed E-state index contributed by atoms with van der Waals surface area (Å²) in [6, 6.07) is 15.8. The number of halogens is 1. The smallest absolute Gasteiger partial charge is 0.226 e. The molecule has 0 saturated carbocycles. The third-order valence-electron chi connectivity index (χ3n) is 3.04. The normalized spacial score (nSPS) is 10.6. The van der Waals surface area contributed by atoms with Gasteiger partial charge in [-0.25, -0.2) is 4.98 Å². The summed E-state index contributed by atoms with van der Waals surface area (Å²) in [6.07, 6.45) is 1.63. The lowest BCUT2D eigenvalue weighted by Gasteiger charge is -2.06. The van der Waals surface area contributed by atoms with E-state index in [-0.39, 0.29) is 0 Å². The highest BCUT2D eigenvalue weighted by Gasteiger charge is 2.08. The molecule has 0 N–H and O–H groups in total. The molecule has 1 heterocycles. The van der Waals surface area contributed by atoms with E-state index in [0.29, 0.717) is 12.5 Å². The fourth-order valence-electron chi connectivity index (χ4n) is 1.96. The molecule has 2 aromatic carbocycles. The lowest BCUT2D eigenvalue weighted by Crippen LogP contribution is -1.96. The van der Waals surface area contributed by atoms with Gasteiger partial charge < -0.3 is 9.15 Å². The van der Waals surface area contributed by atoms with E-state index in [4.69, 9.17) is 9.15 Å². The van der Waals surface area contributed by atoms with Crippen molar-refractivity contribution in [2.24, 2.45) is 0 Å². The molecule has 3 rings (SSSR count). The Labute approximate surface area is 131 Å². The first-order valence-electron chi connectivity index (χ1n) is 6.61. The maximum Gasteiger partial charge on any atom is 0.226 e. The molecule has 0 radical (unpaired) electrons. The van der Waals surface area contributed by atoms with Gasteiger partial charge in [-0.3, -0.25) is 0 Å². The molecule has 0 aliphatic carbocycles. The standard InChI is InChI=1S/C17H14BrNO2/c1-12-7-8-16(15(18)9-12)20-10-14-11-21-17(19-14)13-5-3-2-4-6-13/h2-9,11H,10H2,1H3. The molecular weight excluding hydrogens is 330 g/mol. The molecule has 106 valence electrons. The Kier molecular flexibility index (Phi) is 4.06. The first-order chi connectivity index (χ1) is 10.2. The number of hydrogen-bond acceptors (Lipinski definition) is 3. The van der Waals surface area contributed by atoms with Gasteiger partial charge in [0.05, 0.1) is 4.47 Å². The Morgan fingerprint density at radius 3 is 2.71 bits per heavy atom. The van der Waals surface area contributed by atoms with Crippen LogP contribution in [-0.4, -0.2) is 4.98 Å². The van der Waals surface area contributed by atoms with Crippen molar-refractivity contribution in [2.45, 2.75) is 13.5 Å². The summed E-state index contributed by atoms with van der Waals surface area (Å²) < 4.78 is 12.2. The highest BCUT2D eigenvalue weighted by Crippen LogP contribution is 2.27. The Morgan fingerprint density at radius 1 is 1.14 bits per heavy atom. The van der Waals surface area contributed by atoms with Crippen LogP contribution in [0.25, 0.3) is 11.5 Å². The average Bonchev–Trinajstić information content (AvgIpc) is 2.96. The van der Waals surface area contributed by atoms with Crippen LogP contribution in [0.2, 0.25) is 0 Å². The molecule has 3 nitrogen and oxygen atoms in total. The largest absolute Gasteiger partial charge is 0.486 e. The summed E-state index contributed by atoms with van der Waals surface area (Å²) in [7, 11) is 0. The summed E-state index contributed by atoms with van der Waals surface area (Å²) >= 11 is 3.49. The zero-order valence-corrected chi connectivity index (χ0v) is 13.1. The average molecular weight is 344 g/mol. The van der Waals surface area contributed by atoms with Gasteiger partial charge in [-0.1, -0.05) is 24.3 Å². The minimum absolute atomic E-state index is 0.373. The van der Waals surface area contributed by atoms with Crippen LogP contribution in [0.15, 0.2) is 63.7 Å². The van der Waals surface area contributed by atoms with Gasteiger partial charge in [0, 0.05) is 5.56 Å². The number of nitrogens with zero attached hydrogens (tertiary/aromatic N) is 1. The van der Waals surface area contributed by atoms with Crippen LogP contribution in [0, 0.1) is 6.92 Å². The van der Waals surface area contributed by atoms with Gasteiger partial charge in [-0.2, -0.15) is 0 Å². The van der Waals surface area contributed by atoms with Crippen molar-refractivity contribution in [3.05, 3.63) is 70.5 Å². The number of rotatable bonds is 4. The number of benzene rings is 2. The second-order valence-corrected chi connectivity index (χ2v) is 5.59. The number of ether oxygens (including phenoxy) is 1. The quantitative estimate of drug-likeness (QED) is 0.669. The van der Waals surface area contributed by atoms with Crippen molar-refractivity contribution in [1.29, 1.82) is 0 Å². The first-order valence-corrected chi connectivity index (χ1v) is 7.40. The first kappa shape index (κ1) is 13.9. The summed E-state index contributed by atoms with van der Waals surface area (Å²) in [4.78, 5) is 4.44. The van der Waals surface area contributed by atoms with Crippen molar-refractivity contribution in [3.63, 3.8) is 0 Å². The molecule has 1 aromatic heterocycles.